The molecule has 1 rings (SSSR count). The summed E-state index contributed by atoms with van der Waals surface area (Å²) in [6.07, 6.45) is 0. The molecule has 0 unspecified atom stereocenters. The molecule has 55 valence electrons. The fourth-order valence-corrected chi connectivity index (χ4v) is 0.710. The Morgan fingerprint density at radius 1 is 1.64 bits per heavy atom. The van der Waals surface area contributed by atoms with Crippen molar-refractivity contribution in [1.82, 2.24) is 0 Å². The van der Waals surface area contributed by atoms with E-state index in [1.165, 1.54) is 12.1 Å². The second-order valence-electron chi connectivity index (χ2n) is 1.97. The second-order valence-corrected chi connectivity index (χ2v) is 1.97. The van der Waals surface area contributed by atoms with Gasteiger partial charge in [0.15, 0.2) is 5.69 Å². The molecule has 4 heteroatoms. The number of rotatable bonds is 1. The van der Waals surface area contributed by atoms with E-state index in [1.54, 1.807) is 13.0 Å². The number of nitrogens with zero attached hydrogens (tertiary/aromatic N) is 1. The SMILES string of the molecule is Cc1c[c-]ccc1[N+](=O)[O-].[Y]. The Labute approximate surface area is 89.8 Å². The topological polar surface area (TPSA) is 43.1 Å². The first-order chi connectivity index (χ1) is 4.72. The van der Waals surface area contributed by atoms with Crippen LogP contribution in [0, 0.1) is 23.1 Å². The van der Waals surface area contributed by atoms with Crippen molar-refractivity contribution < 1.29 is 37.6 Å². The summed E-state index contributed by atoms with van der Waals surface area (Å²) < 4.78 is 0. The van der Waals surface area contributed by atoms with Crippen molar-refractivity contribution in [3.05, 3.63) is 39.9 Å². The van der Waals surface area contributed by atoms with Crippen LogP contribution in [0.4, 0.5) is 5.69 Å². The Kier molecular flexibility index (Phi) is 4.46. The molecule has 0 aliphatic heterocycles. The van der Waals surface area contributed by atoms with E-state index in [1.807, 2.05) is 0 Å². The number of nitro benzene ring substituents is 1. The molecule has 0 aliphatic rings. The van der Waals surface area contributed by atoms with E-state index in [2.05, 4.69) is 6.07 Å². The molecule has 1 aromatic carbocycles. The summed E-state index contributed by atoms with van der Waals surface area (Å²) in [7, 11) is 0. The van der Waals surface area contributed by atoms with Crippen LogP contribution in [0.3, 0.4) is 0 Å². The smallest absolute Gasteiger partial charge is 0.169 e. The first-order valence-electron chi connectivity index (χ1n) is 2.83. The molecule has 0 N–H and O–H groups in total. The van der Waals surface area contributed by atoms with Crippen molar-refractivity contribution in [2.24, 2.45) is 0 Å². The van der Waals surface area contributed by atoms with Gasteiger partial charge in [-0.05, 0) is 0 Å². The molecule has 0 atom stereocenters. The molecule has 0 saturated carbocycles. The fourth-order valence-electron chi connectivity index (χ4n) is 0.710. The predicted octanol–water partition coefficient (Wildman–Crippen LogP) is 1.70. The zero-order chi connectivity index (χ0) is 7.56. The van der Waals surface area contributed by atoms with Crippen molar-refractivity contribution in [3.63, 3.8) is 0 Å². The number of aryl methyl sites for hydroxylation is 1. The van der Waals surface area contributed by atoms with Crippen LogP contribution in [0.25, 0.3) is 0 Å². The molecular weight excluding hydrogens is 219 g/mol. The third-order valence-corrected chi connectivity index (χ3v) is 1.24. The predicted molar refractivity (Wildman–Crippen MR) is 36.7 cm³/mol. The van der Waals surface area contributed by atoms with Crippen LogP contribution in [-0.4, -0.2) is 4.92 Å². The molecule has 1 aromatic rings. The van der Waals surface area contributed by atoms with Crippen LogP contribution in [0.1, 0.15) is 5.56 Å². The average Bonchev–Trinajstić information content (AvgIpc) is 1.88. The summed E-state index contributed by atoms with van der Waals surface area (Å²) in [6.45, 7) is 1.69. The third kappa shape index (κ3) is 2.68. The van der Waals surface area contributed by atoms with E-state index in [9.17, 15) is 10.1 Å². The van der Waals surface area contributed by atoms with Crippen molar-refractivity contribution in [1.29, 1.82) is 0 Å². The summed E-state index contributed by atoms with van der Waals surface area (Å²) in [5.41, 5.74) is 0.797. The number of hydrogen-bond donors (Lipinski definition) is 0. The minimum atomic E-state index is -0.400. The first-order valence-corrected chi connectivity index (χ1v) is 2.83. The minimum Gasteiger partial charge on any atom is -0.260 e. The Balaban J connectivity index is 0.000001000. The van der Waals surface area contributed by atoms with E-state index < -0.39 is 4.92 Å². The molecular formula is C7H6NO2Y-. The van der Waals surface area contributed by atoms with Crippen molar-refractivity contribution in [2.75, 3.05) is 0 Å². The van der Waals surface area contributed by atoms with Crippen molar-refractivity contribution >= 4 is 5.69 Å². The van der Waals surface area contributed by atoms with Gasteiger partial charge in [0.1, 0.15) is 0 Å². The average molecular weight is 225 g/mol. The van der Waals surface area contributed by atoms with Gasteiger partial charge in [-0.1, -0.05) is 18.6 Å². The first kappa shape index (κ1) is 10.7. The summed E-state index contributed by atoms with van der Waals surface area (Å²) in [5, 5.41) is 10.2. The van der Waals surface area contributed by atoms with Crippen LogP contribution >= 0.6 is 0 Å². The van der Waals surface area contributed by atoms with Gasteiger partial charge in [0.25, 0.3) is 0 Å². The van der Waals surface area contributed by atoms with Gasteiger partial charge in [-0.3, -0.25) is 10.1 Å². The van der Waals surface area contributed by atoms with E-state index >= 15 is 0 Å². The van der Waals surface area contributed by atoms with Crippen molar-refractivity contribution in [3.8, 4) is 0 Å². The van der Waals surface area contributed by atoms with Gasteiger partial charge < -0.3 is 0 Å². The Hall–Kier alpha value is -0.276. The molecule has 11 heavy (non-hydrogen) atoms. The van der Waals surface area contributed by atoms with E-state index in [0.29, 0.717) is 5.56 Å². The number of hydrogen-bond acceptors (Lipinski definition) is 2. The largest absolute Gasteiger partial charge is 0.260 e. The van der Waals surface area contributed by atoms with Crippen LogP contribution in [-0.2, 0) is 32.7 Å². The third-order valence-electron chi connectivity index (χ3n) is 1.24. The standard InChI is InChI=1S/C7H6NO2.Y/c1-6-4-2-3-5-7(6)8(9)10;/h3-5H,1H3;/q-1;. The normalized spacial score (nSPS) is 8.45. The number of nitro groups is 1. The maximum Gasteiger partial charge on any atom is 0.169 e. The van der Waals surface area contributed by atoms with Crippen LogP contribution in [0.5, 0.6) is 0 Å². The molecule has 3 nitrogen and oxygen atoms in total. The van der Waals surface area contributed by atoms with Gasteiger partial charge in [0.05, 0.1) is 0 Å². The summed E-state index contributed by atoms with van der Waals surface area (Å²) in [5.74, 6) is 0. The Morgan fingerprint density at radius 3 is 2.64 bits per heavy atom. The molecule has 0 bridgehead atoms. The molecule has 0 saturated heterocycles. The molecule has 0 fully saturated rings. The van der Waals surface area contributed by atoms with Gasteiger partial charge in [-0.2, -0.15) is 18.2 Å². The Bertz CT molecular complexity index is 262. The summed E-state index contributed by atoms with van der Waals surface area (Å²) in [4.78, 5) is 9.81. The Morgan fingerprint density at radius 2 is 2.27 bits per heavy atom. The van der Waals surface area contributed by atoms with Gasteiger partial charge in [-0.15, -0.1) is 0 Å². The zero-order valence-corrected chi connectivity index (χ0v) is 8.91. The van der Waals surface area contributed by atoms with E-state index in [4.69, 9.17) is 0 Å². The van der Waals surface area contributed by atoms with Crippen LogP contribution in [0.15, 0.2) is 18.2 Å². The molecule has 0 amide bonds. The van der Waals surface area contributed by atoms with Crippen LogP contribution in [0.2, 0.25) is 0 Å². The molecule has 0 aromatic heterocycles. The molecule has 0 aliphatic carbocycles. The second kappa shape index (κ2) is 4.57. The van der Waals surface area contributed by atoms with Gasteiger partial charge in [0.2, 0.25) is 0 Å². The molecule has 0 spiro atoms. The zero-order valence-electron chi connectivity index (χ0n) is 6.07. The van der Waals surface area contributed by atoms with E-state index in [-0.39, 0.29) is 38.4 Å². The van der Waals surface area contributed by atoms with E-state index in [0.717, 1.165) is 0 Å². The van der Waals surface area contributed by atoms with Crippen LogP contribution < -0.4 is 0 Å². The fraction of sp³-hybridized carbons (Fsp3) is 0.143. The minimum absolute atomic E-state index is 0. The van der Waals surface area contributed by atoms with Crippen molar-refractivity contribution in [2.45, 2.75) is 6.92 Å². The summed E-state index contributed by atoms with van der Waals surface area (Å²) >= 11 is 0. The van der Waals surface area contributed by atoms with Gasteiger partial charge >= 0.3 is 0 Å². The van der Waals surface area contributed by atoms with Gasteiger partial charge in [-0.25, -0.2) is 0 Å². The van der Waals surface area contributed by atoms with Gasteiger partial charge in [0, 0.05) is 37.6 Å². The molecule has 1 radical (unpaired) electrons. The summed E-state index contributed by atoms with van der Waals surface area (Å²) in [6, 6.07) is 7.32. The molecule has 0 heterocycles. The maximum absolute atomic E-state index is 10.2. The maximum atomic E-state index is 10.2. The monoisotopic (exact) mass is 225 g/mol. The quantitative estimate of drug-likeness (QED) is 0.414. The number of benzene rings is 1.